The first-order chi connectivity index (χ1) is 10.2. The zero-order valence-corrected chi connectivity index (χ0v) is 12.3. The Balaban J connectivity index is 1.48. The van der Waals surface area contributed by atoms with Gasteiger partial charge in [-0.2, -0.15) is 5.10 Å². The molecule has 1 N–H and O–H groups in total. The maximum Gasteiger partial charge on any atom is 0.246 e. The number of furan rings is 1. The minimum Gasteiger partial charge on any atom is -0.463 e. The zero-order valence-electron chi connectivity index (χ0n) is 12.3. The number of hydrogen-bond acceptors (Lipinski definition) is 3. The molecular weight excluding hydrogens is 264 g/mol. The van der Waals surface area contributed by atoms with Crippen LogP contribution in [0.5, 0.6) is 0 Å². The van der Waals surface area contributed by atoms with Gasteiger partial charge in [0, 0.05) is 0 Å². The van der Waals surface area contributed by atoms with Gasteiger partial charge in [-0.25, -0.2) is 5.43 Å². The molecule has 5 rings (SSSR count). The second-order valence-corrected chi connectivity index (χ2v) is 7.25. The number of hydrazone groups is 1. The van der Waals surface area contributed by atoms with Crippen molar-refractivity contribution in [2.45, 2.75) is 44.9 Å². The first-order valence-corrected chi connectivity index (χ1v) is 8.10. The summed E-state index contributed by atoms with van der Waals surface area (Å²) in [6.45, 7) is 0. The van der Waals surface area contributed by atoms with E-state index in [2.05, 4.69) is 10.5 Å². The Labute approximate surface area is 125 Å². The van der Waals surface area contributed by atoms with E-state index in [4.69, 9.17) is 4.42 Å². The van der Waals surface area contributed by atoms with E-state index in [1.807, 2.05) is 12.1 Å². The molecule has 1 aromatic rings. The molecule has 0 unspecified atom stereocenters. The van der Waals surface area contributed by atoms with Crippen molar-refractivity contribution >= 4 is 12.1 Å². The standard InChI is InChI=1S/C17H22N2O2/c20-16(19-18-11-15-2-1-5-21-15)17-8-12-3-4-13(9-17)7-14(6-12)10-17/h1-2,5,11-14H,3-4,6-10H2,(H,19,20)/b18-11-/t12-,13-,14?,17?/m1/s1. The average molecular weight is 286 g/mol. The van der Waals surface area contributed by atoms with Crippen molar-refractivity contribution in [2.24, 2.45) is 28.3 Å². The van der Waals surface area contributed by atoms with Gasteiger partial charge in [-0.3, -0.25) is 4.79 Å². The number of nitrogens with one attached hydrogen (secondary N) is 1. The van der Waals surface area contributed by atoms with Crippen molar-refractivity contribution < 1.29 is 9.21 Å². The van der Waals surface area contributed by atoms with Crippen LogP contribution < -0.4 is 5.43 Å². The van der Waals surface area contributed by atoms with Gasteiger partial charge < -0.3 is 4.42 Å². The van der Waals surface area contributed by atoms with Gasteiger partial charge in [0.15, 0.2) is 0 Å². The summed E-state index contributed by atoms with van der Waals surface area (Å²) >= 11 is 0. The number of rotatable bonds is 3. The third-order valence-corrected chi connectivity index (χ3v) is 5.74. The van der Waals surface area contributed by atoms with Crippen LogP contribution in [0.15, 0.2) is 27.9 Å². The average Bonchev–Trinajstić information content (AvgIpc) is 2.88. The molecule has 0 aliphatic heterocycles. The molecule has 0 spiro atoms. The summed E-state index contributed by atoms with van der Waals surface area (Å²) in [6, 6.07) is 3.64. The Hall–Kier alpha value is -1.58. The summed E-state index contributed by atoms with van der Waals surface area (Å²) in [6.07, 6.45) is 11.7. The van der Waals surface area contributed by atoms with Crippen molar-refractivity contribution in [3.63, 3.8) is 0 Å². The fraction of sp³-hybridized carbons (Fsp3) is 0.647. The SMILES string of the molecule is O=C(N/N=C\c1ccco1)C12CC3C[C@@H](CC[C@H](C3)C1)C2. The van der Waals surface area contributed by atoms with Crippen molar-refractivity contribution in [1.29, 1.82) is 0 Å². The van der Waals surface area contributed by atoms with Crippen LogP contribution in [0.3, 0.4) is 0 Å². The zero-order chi connectivity index (χ0) is 14.3. The van der Waals surface area contributed by atoms with E-state index in [-0.39, 0.29) is 11.3 Å². The number of fused-ring (bicyclic) bond motifs is 1. The minimum atomic E-state index is -0.145. The molecule has 4 aliphatic carbocycles. The van der Waals surface area contributed by atoms with Gasteiger partial charge in [0.2, 0.25) is 5.91 Å². The molecule has 0 radical (unpaired) electrons. The molecule has 4 fully saturated rings. The summed E-state index contributed by atoms with van der Waals surface area (Å²) < 4.78 is 5.18. The lowest BCUT2D eigenvalue weighted by atomic mass is 9.58. The molecule has 4 heteroatoms. The van der Waals surface area contributed by atoms with E-state index in [1.165, 1.54) is 25.7 Å². The molecule has 1 aromatic heterocycles. The summed E-state index contributed by atoms with van der Waals surface area (Å²) in [5, 5.41) is 4.08. The molecule has 0 aromatic carbocycles. The Morgan fingerprint density at radius 1 is 1.24 bits per heavy atom. The third-order valence-electron chi connectivity index (χ3n) is 5.74. The smallest absolute Gasteiger partial charge is 0.246 e. The molecule has 4 bridgehead atoms. The van der Waals surface area contributed by atoms with Crippen LogP contribution in [0.25, 0.3) is 0 Å². The first kappa shape index (κ1) is 13.1. The lowest BCUT2D eigenvalue weighted by Gasteiger charge is -2.46. The highest BCUT2D eigenvalue weighted by Crippen LogP contribution is 2.57. The summed E-state index contributed by atoms with van der Waals surface area (Å²) in [7, 11) is 0. The van der Waals surface area contributed by atoms with Crippen molar-refractivity contribution in [1.82, 2.24) is 5.43 Å². The summed E-state index contributed by atoms with van der Waals surface area (Å²) in [5.74, 6) is 3.08. The van der Waals surface area contributed by atoms with Gasteiger partial charge in [0.25, 0.3) is 0 Å². The Morgan fingerprint density at radius 3 is 2.62 bits per heavy atom. The Morgan fingerprint density at radius 2 is 1.95 bits per heavy atom. The van der Waals surface area contributed by atoms with Crippen LogP contribution in [0.1, 0.15) is 50.7 Å². The number of nitrogens with zero attached hydrogens (tertiary/aromatic N) is 1. The van der Waals surface area contributed by atoms with Crippen LogP contribution in [0.4, 0.5) is 0 Å². The lowest BCUT2D eigenvalue weighted by Crippen LogP contribution is -2.47. The van der Waals surface area contributed by atoms with Crippen LogP contribution in [0.2, 0.25) is 0 Å². The molecule has 0 saturated heterocycles. The first-order valence-electron chi connectivity index (χ1n) is 8.10. The molecule has 2 atom stereocenters. The molecule has 1 heterocycles. The van der Waals surface area contributed by atoms with Crippen LogP contribution >= 0.6 is 0 Å². The summed E-state index contributed by atoms with van der Waals surface area (Å²) in [4.78, 5) is 12.7. The maximum absolute atomic E-state index is 12.7. The molecule has 21 heavy (non-hydrogen) atoms. The van der Waals surface area contributed by atoms with E-state index < -0.39 is 0 Å². The molecule has 1 amide bonds. The van der Waals surface area contributed by atoms with Crippen molar-refractivity contribution in [3.8, 4) is 0 Å². The quantitative estimate of drug-likeness (QED) is 0.684. The number of amides is 1. The third kappa shape index (κ3) is 2.41. The highest BCUT2D eigenvalue weighted by atomic mass is 16.3. The summed E-state index contributed by atoms with van der Waals surface area (Å²) in [5.41, 5.74) is 2.63. The van der Waals surface area contributed by atoms with Gasteiger partial charge >= 0.3 is 0 Å². The largest absolute Gasteiger partial charge is 0.463 e. The van der Waals surface area contributed by atoms with Crippen molar-refractivity contribution in [3.05, 3.63) is 24.2 Å². The van der Waals surface area contributed by atoms with Crippen LogP contribution in [-0.2, 0) is 4.79 Å². The molecule has 4 saturated carbocycles. The predicted octanol–water partition coefficient (Wildman–Crippen LogP) is 3.34. The second-order valence-electron chi connectivity index (χ2n) is 7.25. The molecule has 4 aliphatic rings. The van der Waals surface area contributed by atoms with E-state index in [0.29, 0.717) is 5.76 Å². The van der Waals surface area contributed by atoms with E-state index in [0.717, 1.165) is 37.0 Å². The predicted molar refractivity (Wildman–Crippen MR) is 79.7 cm³/mol. The topological polar surface area (TPSA) is 54.6 Å². The number of carbonyl (C=O) groups excluding carboxylic acids is 1. The van der Waals surface area contributed by atoms with Crippen LogP contribution in [-0.4, -0.2) is 12.1 Å². The number of hydrogen-bond donors (Lipinski definition) is 1. The molecule has 4 nitrogen and oxygen atoms in total. The van der Waals surface area contributed by atoms with Gasteiger partial charge in [0.05, 0.1) is 17.9 Å². The van der Waals surface area contributed by atoms with E-state index in [1.54, 1.807) is 12.5 Å². The normalized spacial score (nSPS) is 37.8. The highest BCUT2D eigenvalue weighted by molar-refractivity contribution is 5.84. The molecular formula is C17H22N2O2. The maximum atomic E-state index is 12.7. The fourth-order valence-electron chi connectivity index (χ4n) is 5.11. The number of carbonyl (C=O) groups is 1. The minimum absolute atomic E-state index is 0.131. The van der Waals surface area contributed by atoms with Gasteiger partial charge in [-0.15, -0.1) is 0 Å². The Bertz CT molecular complexity index is 533. The highest BCUT2D eigenvalue weighted by Gasteiger charge is 2.52. The van der Waals surface area contributed by atoms with Crippen molar-refractivity contribution in [2.75, 3.05) is 0 Å². The van der Waals surface area contributed by atoms with Crippen LogP contribution in [0, 0.1) is 23.2 Å². The van der Waals surface area contributed by atoms with Gasteiger partial charge in [0.1, 0.15) is 5.76 Å². The monoisotopic (exact) mass is 286 g/mol. The van der Waals surface area contributed by atoms with E-state index in [9.17, 15) is 4.79 Å². The van der Waals surface area contributed by atoms with Gasteiger partial charge in [-0.05, 0) is 62.0 Å². The Kier molecular flexibility index (Phi) is 3.12. The second kappa shape index (κ2) is 5.00. The van der Waals surface area contributed by atoms with Gasteiger partial charge in [-0.1, -0.05) is 12.8 Å². The van der Waals surface area contributed by atoms with E-state index >= 15 is 0 Å². The lowest BCUT2D eigenvalue weighted by molar-refractivity contribution is -0.138. The fourth-order valence-corrected chi connectivity index (χ4v) is 5.11. The molecule has 112 valence electrons.